The SMILES string of the molecule is CC(C)(C)c1ccc(-c2ccc(OCCN3C(=O)CCC3=O)cn2)cc1. The summed E-state index contributed by atoms with van der Waals surface area (Å²) in [6, 6.07) is 12.2. The number of carbonyl (C=O) groups is 2. The second-order valence-corrected chi connectivity index (χ2v) is 7.49. The van der Waals surface area contributed by atoms with Crippen LogP contribution in [0.15, 0.2) is 42.6 Å². The van der Waals surface area contributed by atoms with E-state index < -0.39 is 0 Å². The molecule has 26 heavy (non-hydrogen) atoms. The van der Waals surface area contributed by atoms with Crippen molar-refractivity contribution in [1.82, 2.24) is 9.88 Å². The molecule has 1 aromatic carbocycles. The third kappa shape index (κ3) is 4.10. The second-order valence-electron chi connectivity index (χ2n) is 7.49. The average molecular weight is 352 g/mol. The van der Waals surface area contributed by atoms with E-state index in [9.17, 15) is 9.59 Å². The van der Waals surface area contributed by atoms with Gasteiger partial charge in [-0.2, -0.15) is 0 Å². The zero-order valence-corrected chi connectivity index (χ0v) is 15.5. The molecule has 0 unspecified atom stereocenters. The quantitative estimate of drug-likeness (QED) is 0.772. The molecule has 2 heterocycles. The molecule has 5 nitrogen and oxygen atoms in total. The minimum absolute atomic E-state index is 0.120. The molecule has 0 aliphatic carbocycles. The number of amides is 2. The summed E-state index contributed by atoms with van der Waals surface area (Å²) in [5.41, 5.74) is 3.34. The lowest BCUT2D eigenvalue weighted by Crippen LogP contribution is -2.33. The zero-order chi connectivity index (χ0) is 18.7. The normalized spacial score (nSPS) is 14.8. The molecule has 0 spiro atoms. The van der Waals surface area contributed by atoms with Crippen molar-refractivity contribution in [3.63, 3.8) is 0 Å². The van der Waals surface area contributed by atoms with Gasteiger partial charge in [0.1, 0.15) is 12.4 Å². The van der Waals surface area contributed by atoms with Gasteiger partial charge in [-0.05, 0) is 23.1 Å². The number of likely N-dealkylation sites (tertiary alicyclic amines) is 1. The number of carbonyl (C=O) groups excluding carboxylic acids is 2. The number of benzene rings is 1. The highest BCUT2D eigenvalue weighted by Gasteiger charge is 2.28. The summed E-state index contributed by atoms with van der Waals surface area (Å²) in [4.78, 5) is 28.8. The van der Waals surface area contributed by atoms with Crippen LogP contribution in [-0.2, 0) is 15.0 Å². The van der Waals surface area contributed by atoms with Gasteiger partial charge in [0.25, 0.3) is 0 Å². The summed E-state index contributed by atoms with van der Waals surface area (Å²) < 4.78 is 5.61. The monoisotopic (exact) mass is 352 g/mol. The summed E-state index contributed by atoms with van der Waals surface area (Å²) in [6.07, 6.45) is 2.28. The van der Waals surface area contributed by atoms with Crippen LogP contribution in [0.3, 0.4) is 0 Å². The lowest BCUT2D eigenvalue weighted by atomic mass is 9.86. The summed E-state index contributed by atoms with van der Waals surface area (Å²) in [5.74, 6) is 0.385. The molecule has 2 aromatic rings. The number of nitrogens with zero attached hydrogens (tertiary/aromatic N) is 2. The van der Waals surface area contributed by atoms with Crippen molar-refractivity contribution in [2.24, 2.45) is 0 Å². The molecule has 1 aromatic heterocycles. The molecule has 1 aliphatic rings. The van der Waals surface area contributed by atoms with Crippen LogP contribution < -0.4 is 4.74 Å². The molecule has 136 valence electrons. The van der Waals surface area contributed by atoms with E-state index in [2.05, 4.69) is 50.0 Å². The van der Waals surface area contributed by atoms with E-state index in [1.807, 2.05) is 12.1 Å². The first kappa shape index (κ1) is 18.1. The van der Waals surface area contributed by atoms with Crippen molar-refractivity contribution >= 4 is 11.8 Å². The summed E-state index contributed by atoms with van der Waals surface area (Å²) >= 11 is 0. The van der Waals surface area contributed by atoms with E-state index in [1.54, 1.807) is 6.20 Å². The highest BCUT2D eigenvalue weighted by Crippen LogP contribution is 2.26. The van der Waals surface area contributed by atoms with E-state index in [4.69, 9.17) is 4.74 Å². The number of hydrogen-bond donors (Lipinski definition) is 0. The second kappa shape index (κ2) is 7.28. The zero-order valence-electron chi connectivity index (χ0n) is 15.5. The molecule has 1 saturated heterocycles. The minimum atomic E-state index is -0.120. The predicted octanol–water partition coefficient (Wildman–Crippen LogP) is 3.57. The van der Waals surface area contributed by atoms with E-state index in [1.165, 1.54) is 10.5 Å². The van der Waals surface area contributed by atoms with Crippen LogP contribution in [0.4, 0.5) is 0 Å². The molecular formula is C21H24N2O3. The van der Waals surface area contributed by atoms with E-state index in [-0.39, 0.29) is 30.4 Å². The summed E-state index contributed by atoms with van der Waals surface area (Å²) in [6.45, 7) is 7.13. The molecule has 0 radical (unpaired) electrons. The van der Waals surface area contributed by atoms with E-state index in [0.717, 1.165) is 11.3 Å². The molecular weight excluding hydrogens is 328 g/mol. The Hall–Kier alpha value is -2.69. The van der Waals surface area contributed by atoms with Gasteiger partial charge in [0, 0.05) is 18.4 Å². The molecule has 5 heteroatoms. The van der Waals surface area contributed by atoms with Gasteiger partial charge in [-0.15, -0.1) is 0 Å². The predicted molar refractivity (Wildman–Crippen MR) is 99.8 cm³/mol. The first-order valence-corrected chi connectivity index (χ1v) is 8.87. The number of aromatic nitrogens is 1. The Bertz CT molecular complexity index is 774. The third-order valence-corrected chi connectivity index (χ3v) is 4.52. The number of hydrogen-bond acceptors (Lipinski definition) is 4. The molecule has 2 amide bonds. The Labute approximate surface area is 154 Å². The summed E-state index contributed by atoms with van der Waals surface area (Å²) in [7, 11) is 0. The lowest BCUT2D eigenvalue weighted by Gasteiger charge is -2.19. The third-order valence-electron chi connectivity index (χ3n) is 4.52. The largest absolute Gasteiger partial charge is 0.490 e. The number of imide groups is 1. The van der Waals surface area contributed by atoms with Gasteiger partial charge < -0.3 is 4.74 Å². The fourth-order valence-corrected chi connectivity index (χ4v) is 2.90. The molecule has 0 bridgehead atoms. The molecule has 1 aliphatic heterocycles. The van der Waals surface area contributed by atoms with Crippen LogP contribution in [0.25, 0.3) is 11.3 Å². The van der Waals surface area contributed by atoms with Crippen LogP contribution in [0.1, 0.15) is 39.2 Å². The topological polar surface area (TPSA) is 59.5 Å². The van der Waals surface area contributed by atoms with Crippen molar-refractivity contribution in [3.8, 4) is 17.0 Å². The fraction of sp³-hybridized carbons (Fsp3) is 0.381. The van der Waals surface area contributed by atoms with E-state index in [0.29, 0.717) is 18.6 Å². The smallest absolute Gasteiger partial charge is 0.229 e. The standard InChI is InChI=1S/C21H24N2O3/c1-21(2,3)16-6-4-15(5-7-16)18-9-8-17(14-22-18)26-13-12-23-19(24)10-11-20(23)25/h4-9,14H,10-13H2,1-3H3. The van der Waals surface area contributed by atoms with Crippen LogP contribution in [-0.4, -0.2) is 34.8 Å². The van der Waals surface area contributed by atoms with Crippen LogP contribution >= 0.6 is 0 Å². The van der Waals surface area contributed by atoms with Crippen LogP contribution in [0, 0.1) is 0 Å². The fourth-order valence-electron chi connectivity index (χ4n) is 2.90. The minimum Gasteiger partial charge on any atom is -0.490 e. The first-order valence-electron chi connectivity index (χ1n) is 8.87. The lowest BCUT2D eigenvalue weighted by molar-refractivity contribution is -0.138. The molecule has 3 rings (SSSR count). The van der Waals surface area contributed by atoms with Gasteiger partial charge in [-0.3, -0.25) is 19.5 Å². The van der Waals surface area contributed by atoms with Gasteiger partial charge >= 0.3 is 0 Å². The number of rotatable bonds is 5. The van der Waals surface area contributed by atoms with Crippen LogP contribution in [0.2, 0.25) is 0 Å². The summed E-state index contributed by atoms with van der Waals surface area (Å²) in [5, 5.41) is 0. The maximum absolute atomic E-state index is 11.6. The van der Waals surface area contributed by atoms with Crippen molar-refractivity contribution in [3.05, 3.63) is 48.2 Å². The highest BCUT2D eigenvalue weighted by atomic mass is 16.5. The Morgan fingerprint density at radius 2 is 1.65 bits per heavy atom. The molecule has 0 N–H and O–H groups in total. The first-order chi connectivity index (χ1) is 12.3. The molecule has 1 fully saturated rings. The number of ether oxygens (including phenoxy) is 1. The average Bonchev–Trinajstić information content (AvgIpc) is 2.94. The Kier molecular flexibility index (Phi) is 5.07. The maximum Gasteiger partial charge on any atom is 0.229 e. The van der Waals surface area contributed by atoms with Crippen molar-refractivity contribution in [2.45, 2.75) is 39.0 Å². The molecule has 0 atom stereocenters. The maximum atomic E-state index is 11.6. The van der Waals surface area contributed by atoms with Crippen molar-refractivity contribution in [2.75, 3.05) is 13.2 Å². The van der Waals surface area contributed by atoms with E-state index >= 15 is 0 Å². The Morgan fingerprint density at radius 3 is 2.19 bits per heavy atom. The van der Waals surface area contributed by atoms with Crippen molar-refractivity contribution < 1.29 is 14.3 Å². The Morgan fingerprint density at radius 1 is 1.00 bits per heavy atom. The Balaban J connectivity index is 1.58. The van der Waals surface area contributed by atoms with Crippen molar-refractivity contribution in [1.29, 1.82) is 0 Å². The van der Waals surface area contributed by atoms with Gasteiger partial charge in [-0.25, -0.2) is 0 Å². The number of pyridine rings is 1. The van der Waals surface area contributed by atoms with Gasteiger partial charge in [-0.1, -0.05) is 45.0 Å². The van der Waals surface area contributed by atoms with Gasteiger partial charge in [0.15, 0.2) is 0 Å². The van der Waals surface area contributed by atoms with Crippen LogP contribution in [0.5, 0.6) is 5.75 Å². The molecule has 0 saturated carbocycles. The van der Waals surface area contributed by atoms with Gasteiger partial charge in [0.05, 0.1) is 18.4 Å². The highest BCUT2D eigenvalue weighted by molar-refractivity contribution is 6.01. The van der Waals surface area contributed by atoms with Gasteiger partial charge in [0.2, 0.25) is 11.8 Å².